The van der Waals surface area contributed by atoms with Crippen LogP contribution in [0.15, 0.2) is 42.7 Å². The molecule has 30 heavy (non-hydrogen) atoms. The molecule has 0 amide bonds. The standard InChI is InChI=1S/C25H28N4O/c1-16-5-7-18(8-6-17(2)30)13-23(16)29-24-26-12-10-21(28-24)19-14-20-22(27-15-19)9-11-25(20,3)4/h5,7,10,12-15H,6,8-9,11H2,1-4H3,(H,26,28,29). The maximum absolute atomic E-state index is 11.3. The van der Waals surface area contributed by atoms with Gasteiger partial charge in [0.05, 0.1) is 5.69 Å². The molecule has 1 aliphatic rings. The van der Waals surface area contributed by atoms with Gasteiger partial charge >= 0.3 is 0 Å². The van der Waals surface area contributed by atoms with Gasteiger partial charge in [0.15, 0.2) is 0 Å². The molecular formula is C25H28N4O. The molecule has 0 unspecified atom stereocenters. The summed E-state index contributed by atoms with van der Waals surface area (Å²) in [5.74, 6) is 0.756. The molecule has 0 saturated carbocycles. The molecule has 0 spiro atoms. The number of Topliss-reactive ketones (excluding diaryl/α,β-unsaturated/α-hetero) is 1. The Morgan fingerprint density at radius 2 is 2.00 bits per heavy atom. The summed E-state index contributed by atoms with van der Waals surface area (Å²) in [5, 5.41) is 3.35. The highest BCUT2D eigenvalue weighted by Crippen LogP contribution is 2.38. The van der Waals surface area contributed by atoms with Crippen LogP contribution in [0, 0.1) is 6.92 Å². The highest BCUT2D eigenvalue weighted by atomic mass is 16.1. The van der Waals surface area contributed by atoms with E-state index in [0.717, 1.165) is 47.3 Å². The van der Waals surface area contributed by atoms with Crippen LogP contribution in [0.4, 0.5) is 11.6 Å². The van der Waals surface area contributed by atoms with Crippen molar-refractivity contribution in [3.05, 3.63) is 65.1 Å². The number of carbonyl (C=O) groups is 1. The Kier molecular flexibility index (Phi) is 5.37. The SMILES string of the molecule is CC(=O)CCc1ccc(C)c(Nc2nccc(-c3cnc4c(c3)C(C)(C)CC4)n2)c1. The van der Waals surface area contributed by atoms with E-state index < -0.39 is 0 Å². The van der Waals surface area contributed by atoms with Gasteiger partial charge in [0.1, 0.15) is 5.78 Å². The van der Waals surface area contributed by atoms with Crippen molar-refractivity contribution in [1.82, 2.24) is 15.0 Å². The quantitative estimate of drug-likeness (QED) is 0.605. The maximum Gasteiger partial charge on any atom is 0.227 e. The number of pyridine rings is 1. The summed E-state index contributed by atoms with van der Waals surface area (Å²) < 4.78 is 0. The van der Waals surface area contributed by atoms with Gasteiger partial charge in [0, 0.05) is 35.8 Å². The van der Waals surface area contributed by atoms with Crippen LogP contribution >= 0.6 is 0 Å². The second-order valence-corrected chi connectivity index (χ2v) is 8.84. The normalized spacial score (nSPS) is 14.4. The van der Waals surface area contributed by atoms with Crippen molar-refractivity contribution in [3.63, 3.8) is 0 Å². The Balaban J connectivity index is 1.59. The van der Waals surface area contributed by atoms with Crippen LogP contribution in [0.5, 0.6) is 0 Å². The summed E-state index contributed by atoms with van der Waals surface area (Å²) in [6, 6.07) is 10.4. The van der Waals surface area contributed by atoms with Gasteiger partial charge in [-0.1, -0.05) is 26.0 Å². The fraction of sp³-hybridized carbons (Fsp3) is 0.360. The van der Waals surface area contributed by atoms with E-state index in [2.05, 4.69) is 48.4 Å². The molecule has 0 bridgehead atoms. The molecule has 3 aromatic rings. The van der Waals surface area contributed by atoms with Crippen LogP contribution in [-0.2, 0) is 23.1 Å². The minimum absolute atomic E-state index is 0.157. The summed E-state index contributed by atoms with van der Waals surface area (Å²) in [5.41, 5.74) is 7.75. The predicted octanol–water partition coefficient (Wildman–Crippen LogP) is 5.34. The lowest BCUT2D eigenvalue weighted by molar-refractivity contribution is -0.116. The van der Waals surface area contributed by atoms with Crippen LogP contribution in [0.2, 0.25) is 0 Å². The molecule has 0 saturated heterocycles. The summed E-state index contributed by atoms with van der Waals surface area (Å²) in [7, 11) is 0. The number of ketones is 1. The Labute approximate surface area is 178 Å². The monoisotopic (exact) mass is 400 g/mol. The van der Waals surface area contributed by atoms with E-state index in [1.807, 2.05) is 19.2 Å². The van der Waals surface area contributed by atoms with Gasteiger partial charge in [-0.3, -0.25) is 4.98 Å². The number of nitrogens with zero attached hydrogens (tertiary/aromatic N) is 3. The topological polar surface area (TPSA) is 67.8 Å². The first-order chi connectivity index (χ1) is 14.3. The van der Waals surface area contributed by atoms with E-state index in [1.54, 1.807) is 13.1 Å². The average molecular weight is 401 g/mol. The first kappa shape index (κ1) is 20.2. The third-order valence-corrected chi connectivity index (χ3v) is 5.95. The highest BCUT2D eigenvalue weighted by molar-refractivity contribution is 5.75. The van der Waals surface area contributed by atoms with Crippen LogP contribution < -0.4 is 5.32 Å². The number of hydrogen-bond acceptors (Lipinski definition) is 5. The molecule has 0 atom stereocenters. The van der Waals surface area contributed by atoms with Crippen molar-refractivity contribution < 1.29 is 4.79 Å². The van der Waals surface area contributed by atoms with Gasteiger partial charge in [0.25, 0.3) is 0 Å². The number of anilines is 2. The largest absolute Gasteiger partial charge is 0.324 e. The van der Waals surface area contributed by atoms with Crippen LogP contribution in [0.3, 0.4) is 0 Å². The zero-order chi connectivity index (χ0) is 21.3. The lowest BCUT2D eigenvalue weighted by atomic mass is 9.86. The molecule has 1 N–H and O–H groups in total. The van der Waals surface area contributed by atoms with Gasteiger partial charge < -0.3 is 10.1 Å². The number of carbonyl (C=O) groups excluding carboxylic acids is 1. The molecule has 0 radical (unpaired) electrons. The van der Waals surface area contributed by atoms with Crippen molar-refractivity contribution in [3.8, 4) is 11.3 Å². The molecule has 1 aromatic carbocycles. The summed E-state index contributed by atoms with van der Waals surface area (Å²) in [6.07, 6.45) is 7.16. The summed E-state index contributed by atoms with van der Waals surface area (Å²) >= 11 is 0. The highest BCUT2D eigenvalue weighted by Gasteiger charge is 2.31. The van der Waals surface area contributed by atoms with E-state index in [4.69, 9.17) is 9.97 Å². The molecule has 0 fully saturated rings. The maximum atomic E-state index is 11.3. The number of aryl methyl sites for hydroxylation is 3. The minimum Gasteiger partial charge on any atom is -0.324 e. The third-order valence-electron chi connectivity index (χ3n) is 5.95. The van der Waals surface area contributed by atoms with Gasteiger partial charge in [-0.2, -0.15) is 0 Å². The lowest BCUT2D eigenvalue weighted by Gasteiger charge is -2.19. The summed E-state index contributed by atoms with van der Waals surface area (Å²) in [6.45, 7) is 8.23. The van der Waals surface area contributed by atoms with E-state index >= 15 is 0 Å². The van der Waals surface area contributed by atoms with E-state index in [-0.39, 0.29) is 11.2 Å². The number of benzene rings is 1. The van der Waals surface area contributed by atoms with Crippen molar-refractivity contribution in [2.75, 3.05) is 5.32 Å². The minimum atomic E-state index is 0.157. The molecule has 154 valence electrons. The second kappa shape index (κ2) is 7.98. The first-order valence-electron chi connectivity index (χ1n) is 10.5. The zero-order valence-corrected chi connectivity index (χ0v) is 18.1. The molecule has 4 rings (SSSR count). The number of hydrogen-bond donors (Lipinski definition) is 1. The first-order valence-corrected chi connectivity index (χ1v) is 10.5. The molecule has 2 heterocycles. The van der Waals surface area contributed by atoms with Gasteiger partial charge in [-0.15, -0.1) is 0 Å². The van der Waals surface area contributed by atoms with Crippen molar-refractivity contribution >= 4 is 17.4 Å². The Morgan fingerprint density at radius 3 is 2.80 bits per heavy atom. The molecule has 2 aromatic heterocycles. The number of aromatic nitrogens is 3. The molecule has 5 heteroatoms. The predicted molar refractivity (Wildman–Crippen MR) is 120 cm³/mol. The van der Waals surface area contributed by atoms with E-state index in [0.29, 0.717) is 12.4 Å². The van der Waals surface area contributed by atoms with Crippen LogP contribution in [-0.4, -0.2) is 20.7 Å². The fourth-order valence-electron chi connectivity index (χ4n) is 3.96. The van der Waals surface area contributed by atoms with Crippen molar-refractivity contribution in [2.45, 2.75) is 58.8 Å². The van der Waals surface area contributed by atoms with Gasteiger partial charge in [0.2, 0.25) is 5.95 Å². The number of rotatable bonds is 6. The van der Waals surface area contributed by atoms with E-state index in [1.165, 1.54) is 11.3 Å². The number of nitrogens with one attached hydrogen (secondary N) is 1. The smallest absolute Gasteiger partial charge is 0.227 e. The zero-order valence-electron chi connectivity index (χ0n) is 18.1. The molecule has 0 aliphatic heterocycles. The Hall–Kier alpha value is -3.08. The number of fused-ring (bicyclic) bond motifs is 1. The second-order valence-electron chi connectivity index (χ2n) is 8.84. The van der Waals surface area contributed by atoms with E-state index in [9.17, 15) is 4.79 Å². The third kappa shape index (κ3) is 4.25. The Morgan fingerprint density at radius 1 is 1.17 bits per heavy atom. The lowest BCUT2D eigenvalue weighted by Crippen LogP contribution is -2.12. The van der Waals surface area contributed by atoms with Gasteiger partial charge in [-0.25, -0.2) is 9.97 Å². The fourth-order valence-corrected chi connectivity index (χ4v) is 3.96. The van der Waals surface area contributed by atoms with Crippen molar-refractivity contribution in [2.24, 2.45) is 0 Å². The Bertz CT molecular complexity index is 1100. The van der Waals surface area contributed by atoms with Crippen molar-refractivity contribution in [1.29, 1.82) is 0 Å². The van der Waals surface area contributed by atoms with Crippen LogP contribution in [0.25, 0.3) is 11.3 Å². The van der Waals surface area contributed by atoms with Crippen LogP contribution in [0.1, 0.15) is 56.0 Å². The molecular weight excluding hydrogens is 372 g/mol. The molecule has 1 aliphatic carbocycles. The molecule has 5 nitrogen and oxygen atoms in total. The summed E-state index contributed by atoms with van der Waals surface area (Å²) in [4.78, 5) is 25.1. The van der Waals surface area contributed by atoms with Gasteiger partial charge in [-0.05, 0) is 73.4 Å². The average Bonchev–Trinajstić information content (AvgIpc) is 3.03.